The van der Waals surface area contributed by atoms with Crippen LogP contribution in [0.15, 0.2) is 53.3 Å². The minimum absolute atomic E-state index is 0.0362. The molecule has 0 bridgehead atoms. The molecule has 0 saturated carbocycles. The van der Waals surface area contributed by atoms with Crippen molar-refractivity contribution in [2.45, 2.75) is 19.8 Å². The van der Waals surface area contributed by atoms with Crippen LogP contribution in [0.2, 0.25) is 0 Å². The molecule has 0 radical (unpaired) electrons. The van der Waals surface area contributed by atoms with Crippen LogP contribution in [-0.4, -0.2) is 21.1 Å². The van der Waals surface area contributed by atoms with Gasteiger partial charge in [0, 0.05) is 34.4 Å². The van der Waals surface area contributed by atoms with E-state index >= 15 is 0 Å². The van der Waals surface area contributed by atoms with Crippen LogP contribution in [0.4, 0.5) is 5.82 Å². The molecular formula is C18H17BrN4O. The number of aromatic nitrogens is 3. The average Bonchev–Trinajstić information content (AvgIpc) is 2.96. The zero-order valence-electron chi connectivity index (χ0n) is 13.2. The van der Waals surface area contributed by atoms with Crippen molar-refractivity contribution in [3.63, 3.8) is 0 Å². The summed E-state index contributed by atoms with van der Waals surface area (Å²) in [5, 5.41) is 10.1. The maximum Gasteiger partial charge on any atom is 0.225 e. The summed E-state index contributed by atoms with van der Waals surface area (Å²) in [6, 6.07) is 11.8. The van der Waals surface area contributed by atoms with E-state index in [2.05, 4.69) is 36.4 Å². The first-order valence-corrected chi connectivity index (χ1v) is 8.42. The summed E-state index contributed by atoms with van der Waals surface area (Å²) in [6.07, 6.45) is 4.56. The number of hydrogen-bond donors (Lipinski definition) is 2. The zero-order valence-corrected chi connectivity index (χ0v) is 14.8. The summed E-state index contributed by atoms with van der Waals surface area (Å²) in [5.74, 6) is 0.605. The van der Waals surface area contributed by atoms with Crippen molar-refractivity contribution < 1.29 is 4.79 Å². The van der Waals surface area contributed by atoms with E-state index in [0.29, 0.717) is 18.7 Å². The van der Waals surface area contributed by atoms with Gasteiger partial charge in [0.15, 0.2) is 0 Å². The van der Waals surface area contributed by atoms with E-state index in [1.165, 1.54) is 0 Å². The molecular weight excluding hydrogens is 368 g/mol. The highest BCUT2D eigenvalue weighted by molar-refractivity contribution is 9.10. The van der Waals surface area contributed by atoms with Gasteiger partial charge in [-0.3, -0.25) is 14.9 Å². The van der Waals surface area contributed by atoms with E-state index in [1.54, 1.807) is 12.4 Å². The van der Waals surface area contributed by atoms with Crippen molar-refractivity contribution in [1.82, 2.24) is 15.2 Å². The number of H-pyrrole nitrogens is 1. The molecule has 1 aromatic carbocycles. The van der Waals surface area contributed by atoms with Crippen molar-refractivity contribution in [3.8, 4) is 11.3 Å². The van der Waals surface area contributed by atoms with Crippen LogP contribution in [-0.2, 0) is 11.2 Å². The molecule has 122 valence electrons. The average molecular weight is 385 g/mol. The number of aryl methyl sites for hydroxylation is 1. The van der Waals surface area contributed by atoms with Gasteiger partial charge in [-0.05, 0) is 43.2 Å². The predicted molar refractivity (Wildman–Crippen MR) is 97.6 cm³/mol. The molecule has 0 unspecified atom stereocenters. The highest BCUT2D eigenvalue weighted by Gasteiger charge is 2.13. The highest BCUT2D eigenvalue weighted by atomic mass is 79.9. The lowest BCUT2D eigenvalue weighted by Gasteiger charge is -2.05. The largest absolute Gasteiger partial charge is 0.311 e. The standard InChI is InChI=1S/C18H17BrN4O/c1-12-17(14-8-10-20-11-9-14)22-23-18(12)21-16(24)7-4-13-2-5-15(19)6-3-13/h2-3,5-6,8-11H,4,7H2,1H3,(H2,21,22,23,24). The molecule has 0 atom stereocenters. The monoisotopic (exact) mass is 384 g/mol. The topological polar surface area (TPSA) is 70.7 Å². The Morgan fingerprint density at radius 3 is 2.58 bits per heavy atom. The number of carbonyl (C=O) groups is 1. The molecule has 2 aromatic heterocycles. The maximum absolute atomic E-state index is 12.2. The minimum atomic E-state index is -0.0362. The SMILES string of the molecule is Cc1c(-c2ccncc2)n[nH]c1NC(=O)CCc1ccc(Br)cc1. The normalized spacial score (nSPS) is 10.6. The number of carbonyl (C=O) groups excluding carboxylic acids is 1. The first kappa shape index (κ1) is 16.4. The quantitative estimate of drug-likeness (QED) is 0.694. The molecule has 5 nitrogen and oxygen atoms in total. The van der Waals surface area contributed by atoms with Gasteiger partial charge in [-0.15, -0.1) is 0 Å². The predicted octanol–water partition coefficient (Wildman–Crippen LogP) is 4.11. The lowest BCUT2D eigenvalue weighted by Crippen LogP contribution is -2.13. The lowest BCUT2D eigenvalue weighted by atomic mass is 10.1. The number of amides is 1. The maximum atomic E-state index is 12.2. The highest BCUT2D eigenvalue weighted by Crippen LogP contribution is 2.25. The van der Waals surface area contributed by atoms with E-state index < -0.39 is 0 Å². The van der Waals surface area contributed by atoms with E-state index in [4.69, 9.17) is 0 Å². The fraction of sp³-hybridized carbons (Fsp3) is 0.167. The molecule has 0 saturated heterocycles. The summed E-state index contributed by atoms with van der Waals surface area (Å²) in [6.45, 7) is 1.93. The van der Waals surface area contributed by atoms with Crippen LogP contribution in [0.25, 0.3) is 11.3 Å². The Morgan fingerprint density at radius 1 is 1.17 bits per heavy atom. The van der Waals surface area contributed by atoms with Crippen LogP contribution in [0.5, 0.6) is 0 Å². The number of pyridine rings is 1. The van der Waals surface area contributed by atoms with Crippen LogP contribution in [0, 0.1) is 6.92 Å². The number of benzene rings is 1. The Hall–Kier alpha value is -2.47. The third-order valence-corrected chi connectivity index (χ3v) is 4.31. The zero-order chi connectivity index (χ0) is 16.9. The molecule has 3 aromatic rings. The third kappa shape index (κ3) is 3.89. The first-order chi connectivity index (χ1) is 11.6. The smallest absolute Gasteiger partial charge is 0.225 e. The number of rotatable bonds is 5. The summed E-state index contributed by atoms with van der Waals surface area (Å²) >= 11 is 3.40. The van der Waals surface area contributed by atoms with Crippen molar-refractivity contribution in [1.29, 1.82) is 0 Å². The van der Waals surface area contributed by atoms with Gasteiger partial charge < -0.3 is 5.32 Å². The summed E-state index contributed by atoms with van der Waals surface area (Å²) in [5.41, 5.74) is 3.83. The molecule has 0 aliphatic rings. The van der Waals surface area contributed by atoms with E-state index in [-0.39, 0.29) is 5.91 Å². The van der Waals surface area contributed by atoms with Crippen molar-refractivity contribution >= 4 is 27.7 Å². The van der Waals surface area contributed by atoms with Gasteiger partial charge in [0.1, 0.15) is 5.82 Å². The van der Waals surface area contributed by atoms with Crippen LogP contribution in [0.1, 0.15) is 17.5 Å². The fourth-order valence-electron chi connectivity index (χ4n) is 2.42. The van der Waals surface area contributed by atoms with Gasteiger partial charge in [-0.25, -0.2) is 0 Å². The second-order valence-electron chi connectivity index (χ2n) is 5.48. The van der Waals surface area contributed by atoms with Gasteiger partial charge in [0.2, 0.25) is 5.91 Å². The van der Waals surface area contributed by atoms with Gasteiger partial charge >= 0.3 is 0 Å². The lowest BCUT2D eigenvalue weighted by molar-refractivity contribution is -0.116. The number of anilines is 1. The number of nitrogens with one attached hydrogen (secondary N) is 2. The molecule has 2 heterocycles. The molecule has 0 fully saturated rings. The fourth-order valence-corrected chi connectivity index (χ4v) is 2.69. The van der Waals surface area contributed by atoms with Crippen molar-refractivity contribution in [2.75, 3.05) is 5.32 Å². The van der Waals surface area contributed by atoms with Gasteiger partial charge in [0.25, 0.3) is 0 Å². The Morgan fingerprint density at radius 2 is 1.88 bits per heavy atom. The van der Waals surface area contributed by atoms with E-state index in [9.17, 15) is 4.79 Å². The Balaban J connectivity index is 1.63. The van der Waals surface area contributed by atoms with Crippen LogP contribution < -0.4 is 5.32 Å². The van der Waals surface area contributed by atoms with Gasteiger partial charge in [-0.1, -0.05) is 28.1 Å². The second kappa shape index (κ2) is 7.40. The van der Waals surface area contributed by atoms with E-state index in [1.807, 2.05) is 43.3 Å². The van der Waals surface area contributed by atoms with Crippen molar-refractivity contribution in [2.24, 2.45) is 0 Å². The molecule has 0 aliphatic heterocycles. The Bertz CT molecular complexity index is 828. The molecule has 24 heavy (non-hydrogen) atoms. The van der Waals surface area contributed by atoms with Gasteiger partial charge in [0.05, 0.1) is 5.69 Å². The van der Waals surface area contributed by atoms with Crippen molar-refractivity contribution in [3.05, 3.63) is 64.4 Å². The molecule has 2 N–H and O–H groups in total. The molecule has 1 amide bonds. The number of nitrogens with zero attached hydrogens (tertiary/aromatic N) is 2. The summed E-state index contributed by atoms with van der Waals surface area (Å²) in [7, 11) is 0. The first-order valence-electron chi connectivity index (χ1n) is 7.63. The minimum Gasteiger partial charge on any atom is -0.311 e. The number of hydrogen-bond acceptors (Lipinski definition) is 3. The van der Waals surface area contributed by atoms with Crippen LogP contribution in [0.3, 0.4) is 0 Å². The Labute approximate surface area is 148 Å². The summed E-state index contributed by atoms with van der Waals surface area (Å²) < 4.78 is 1.03. The molecule has 3 rings (SSSR count). The number of halogens is 1. The number of aromatic amines is 1. The van der Waals surface area contributed by atoms with Crippen LogP contribution >= 0.6 is 15.9 Å². The van der Waals surface area contributed by atoms with Gasteiger partial charge in [-0.2, -0.15) is 5.10 Å². The second-order valence-corrected chi connectivity index (χ2v) is 6.40. The Kier molecular flexibility index (Phi) is 5.05. The molecule has 6 heteroatoms. The van der Waals surface area contributed by atoms with E-state index in [0.717, 1.165) is 26.9 Å². The molecule has 0 aliphatic carbocycles. The summed E-state index contributed by atoms with van der Waals surface area (Å²) in [4.78, 5) is 16.2. The molecule has 0 spiro atoms. The third-order valence-electron chi connectivity index (χ3n) is 3.78.